The molecule has 12 rings (SSSR count). The molecular formula is C77H70N2. The number of hydrogen-bond donors (Lipinski definition) is 0. The summed E-state index contributed by atoms with van der Waals surface area (Å²) in [4.78, 5) is 2.56. The molecule has 79 heavy (non-hydrogen) atoms. The standard InChI is InChI=1S/C77H70N2/c1-5-9-11-22-49-77(50-23-12-10-6-2)72-53-64(78(63-29-20-15-21-30-63)76-66(59-25-16-13-17-26-59)31-24-32-67(76)60-27-18-14-19-28-60)43-45-68(72)69-46-44-65(54-73(69)77)79-74-47-41-61(57-37-33-55(7-3)34-38-57)51-70(74)71-52-62(42-48-75(71)79)58-39-35-56(8-4)36-40-58/h7-8,13-21,24-48,51-54H,3-6,9-12,22-23,49-50H2,1-2H3. The quantitative estimate of drug-likeness (QED) is 0.0691. The lowest BCUT2D eigenvalue weighted by molar-refractivity contribution is 0.401. The molecule has 0 saturated carbocycles. The summed E-state index contributed by atoms with van der Waals surface area (Å²) >= 11 is 0. The average molecular weight is 1020 g/mol. The van der Waals surface area contributed by atoms with Crippen molar-refractivity contribution in [3.05, 3.63) is 266 Å². The van der Waals surface area contributed by atoms with E-state index >= 15 is 0 Å². The predicted octanol–water partition coefficient (Wildman–Crippen LogP) is 22.4. The Morgan fingerprint density at radius 3 is 1.34 bits per heavy atom. The number of aromatic nitrogens is 1. The van der Waals surface area contributed by atoms with E-state index in [1.165, 1.54) is 157 Å². The summed E-state index contributed by atoms with van der Waals surface area (Å²) in [6.45, 7) is 12.7. The lowest BCUT2D eigenvalue weighted by Crippen LogP contribution is -2.26. The van der Waals surface area contributed by atoms with Crippen LogP contribution in [0.4, 0.5) is 17.1 Å². The minimum Gasteiger partial charge on any atom is -0.309 e. The van der Waals surface area contributed by atoms with E-state index in [2.05, 4.69) is 267 Å². The van der Waals surface area contributed by atoms with Gasteiger partial charge in [-0.05, 0) is 140 Å². The van der Waals surface area contributed by atoms with Crippen molar-refractivity contribution in [3.63, 3.8) is 0 Å². The number of nitrogens with zero attached hydrogens (tertiary/aromatic N) is 2. The van der Waals surface area contributed by atoms with E-state index < -0.39 is 0 Å². The van der Waals surface area contributed by atoms with Gasteiger partial charge in [0, 0.05) is 44.4 Å². The van der Waals surface area contributed by atoms with Gasteiger partial charge in [-0.3, -0.25) is 0 Å². The molecule has 2 nitrogen and oxygen atoms in total. The van der Waals surface area contributed by atoms with Crippen LogP contribution in [0.3, 0.4) is 0 Å². The fraction of sp³-hybridized carbons (Fsp3) is 0.169. The molecule has 0 N–H and O–H groups in total. The third-order valence-electron chi connectivity index (χ3n) is 16.9. The van der Waals surface area contributed by atoms with Crippen molar-refractivity contribution in [1.29, 1.82) is 0 Å². The first-order valence-corrected chi connectivity index (χ1v) is 28.9. The Labute approximate surface area is 468 Å². The third kappa shape index (κ3) is 9.76. The first-order chi connectivity index (χ1) is 39.0. The zero-order chi connectivity index (χ0) is 53.7. The van der Waals surface area contributed by atoms with E-state index in [0.717, 1.165) is 29.7 Å². The molecule has 2 heteroatoms. The molecule has 0 bridgehead atoms. The van der Waals surface area contributed by atoms with Crippen molar-refractivity contribution in [1.82, 2.24) is 4.57 Å². The summed E-state index contributed by atoms with van der Waals surface area (Å²) in [7, 11) is 0. The van der Waals surface area contributed by atoms with Gasteiger partial charge in [0.2, 0.25) is 0 Å². The highest BCUT2D eigenvalue weighted by Gasteiger charge is 2.43. The first kappa shape index (κ1) is 51.1. The van der Waals surface area contributed by atoms with E-state index in [0.29, 0.717) is 0 Å². The monoisotopic (exact) mass is 1020 g/mol. The Bertz CT molecular complexity index is 3760. The van der Waals surface area contributed by atoms with Gasteiger partial charge in [-0.2, -0.15) is 0 Å². The number of rotatable bonds is 20. The lowest BCUT2D eigenvalue weighted by atomic mass is 9.70. The lowest BCUT2D eigenvalue weighted by Gasteiger charge is -2.35. The van der Waals surface area contributed by atoms with Gasteiger partial charge in [-0.25, -0.2) is 0 Å². The van der Waals surface area contributed by atoms with Crippen molar-refractivity contribution in [2.24, 2.45) is 0 Å². The zero-order valence-corrected chi connectivity index (χ0v) is 46.0. The molecule has 1 aliphatic rings. The highest BCUT2D eigenvalue weighted by Crippen LogP contribution is 2.57. The highest BCUT2D eigenvalue weighted by atomic mass is 15.1. The molecule has 1 heterocycles. The summed E-state index contributed by atoms with van der Waals surface area (Å²) in [6, 6.07) is 86.5. The van der Waals surface area contributed by atoms with Crippen molar-refractivity contribution in [2.75, 3.05) is 4.90 Å². The van der Waals surface area contributed by atoms with Crippen LogP contribution in [0.25, 0.3) is 95.3 Å². The van der Waals surface area contributed by atoms with Gasteiger partial charge in [0.1, 0.15) is 0 Å². The summed E-state index contributed by atoms with van der Waals surface area (Å²) in [5, 5.41) is 2.49. The maximum Gasteiger partial charge on any atom is 0.0618 e. The highest BCUT2D eigenvalue weighted by molar-refractivity contribution is 6.12. The molecule has 0 radical (unpaired) electrons. The number of benzene rings is 10. The Hall–Kier alpha value is -8.72. The van der Waals surface area contributed by atoms with Crippen LogP contribution in [0, 0.1) is 0 Å². The van der Waals surface area contributed by atoms with Crippen LogP contribution in [-0.2, 0) is 5.41 Å². The molecule has 388 valence electrons. The smallest absolute Gasteiger partial charge is 0.0618 e. The third-order valence-corrected chi connectivity index (χ3v) is 16.9. The summed E-state index contributed by atoms with van der Waals surface area (Å²) < 4.78 is 2.55. The summed E-state index contributed by atoms with van der Waals surface area (Å²) in [5.41, 5.74) is 24.4. The van der Waals surface area contributed by atoms with Gasteiger partial charge in [0.15, 0.2) is 0 Å². The first-order valence-electron chi connectivity index (χ1n) is 28.9. The number of fused-ring (bicyclic) bond motifs is 6. The Morgan fingerprint density at radius 1 is 0.380 bits per heavy atom. The topological polar surface area (TPSA) is 8.17 Å². The molecular weight excluding hydrogens is 953 g/mol. The van der Waals surface area contributed by atoms with Crippen LogP contribution in [0.2, 0.25) is 0 Å². The molecule has 0 unspecified atom stereocenters. The van der Waals surface area contributed by atoms with Crippen LogP contribution in [0.5, 0.6) is 0 Å². The normalized spacial score (nSPS) is 12.4. The molecule has 0 atom stereocenters. The van der Waals surface area contributed by atoms with E-state index in [1.807, 2.05) is 12.2 Å². The van der Waals surface area contributed by atoms with Gasteiger partial charge in [0.05, 0.1) is 16.7 Å². The van der Waals surface area contributed by atoms with Crippen LogP contribution in [0.15, 0.2) is 244 Å². The Kier molecular flexibility index (Phi) is 14.7. The number of hydrogen-bond acceptors (Lipinski definition) is 1. The van der Waals surface area contributed by atoms with Crippen molar-refractivity contribution in [3.8, 4) is 61.3 Å². The van der Waals surface area contributed by atoms with Gasteiger partial charge < -0.3 is 9.47 Å². The Morgan fingerprint density at radius 2 is 0.848 bits per heavy atom. The molecule has 10 aromatic carbocycles. The van der Waals surface area contributed by atoms with E-state index in [9.17, 15) is 0 Å². The van der Waals surface area contributed by atoms with E-state index in [4.69, 9.17) is 0 Å². The maximum atomic E-state index is 4.02. The molecule has 0 spiro atoms. The van der Waals surface area contributed by atoms with Crippen molar-refractivity contribution < 1.29 is 0 Å². The van der Waals surface area contributed by atoms with E-state index in [1.54, 1.807) is 0 Å². The van der Waals surface area contributed by atoms with Crippen molar-refractivity contribution >= 4 is 51.0 Å². The second-order valence-corrected chi connectivity index (χ2v) is 21.7. The van der Waals surface area contributed by atoms with Crippen LogP contribution in [0.1, 0.15) is 100 Å². The summed E-state index contributed by atoms with van der Waals surface area (Å²) in [6.07, 6.45) is 15.7. The predicted molar refractivity (Wildman–Crippen MR) is 341 cm³/mol. The van der Waals surface area contributed by atoms with Crippen LogP contribution >= 0.6 is 0 Å². The minimum absolute atomic E-state index is 0.198. The fourth-order valence-corrected chi connectivity index (χ4v) is 12.9. The van der Waals surface area contributed by atoms with Gasteiger partial charge in [0.25, 0.3) is 0 Å². The minimum atomic E-state index is -0.198. The van der Waals surface area contributed by atoms with Crippen LogP contribution < -0.4 is 4.90 Å². The number of unbranched alkanes of at least 4 members (excludes halogenated alkanes) is 6. The Balaban J connectivity index is 1.07. The van der Waals surface area contributed by atoms with Gasteiger partial charge >= 0.3 is 0 Å². The zero-order valence-electron chi connectivity index (χ0n) is 46.0. The average Bonchev–Trinajstić information content (AvgIpc) is 4.15. The van der Waals surface area contributed by atoms with Crippen LogP contribution in [-0.4, -0.2) is 4.57 Å². The van der Waals surface area contributed by atoms with E-state index in [-0.39, 0.29) is 5.41 Å². The molecule has 0 fully saturated rings. The number of anilines is 3. The molecule has 0 saturated heterocycles. The molecule has 1 aliphatic carbocycles. The molecule has 0 aliphatic heterocycles. The fourth-order valence-electron chi connectivity index (χ4n) is 12.9. The second kappa shape index (κ2) is 22.7. The largest absolute Gasteiger partial charge is 0.309 e. The molecule has 1 aromatic heterocycles. The number of para-hydroxylation sites is 2. The van der Waals surface area contributed by atoms with Crippen molar-refractivity contribution in [2.45, 2.75) is 83.5 Å². The second-order valence-electron chi connectivity index (χ2n) is 21.7. The summed E-state index contributed by atoms with van der Waals surface area (Å²) in [5.74, 6) is 0. The van der Waals surface area contributed by atoms with Gasteiger partial charge in [-0.15, -0.1) is 0 Å². The SMILES string of the molecule is C=Cc1ccc(-c2ccc3c(c2)c2cc(-c4ccc(C=C)cc4)ccc2n3-c2ccc3c(c2)C(CCCCCC)(CCCCCC)c2cc(N(c4ccccc4)c4c(-c5ccccc5)cccc4-c4ccccc4)ccc2-3)cc1. The van der Waals surface area contributed by atoms with Gasteiger partial charge in [-0.1, -0.05) is 260 Å². The maximum absolute atomic E-state index is 4.02. The molecule has 11 aromatic rings. The molecule has 0 amide bonds.